The quantitative estimate of drug-likeness (QED) is 0.314. The first kappa shape index (κ1) is 19.8. The number of rotatable bonds is 7. The lowest BCUT2D eigenvalue weighted by Crippen LogP contribution is -2.31. The van der Waals surface area contributed by atoms with Gasteiger partial charge in [0.2, 0.25) is 17.7 Å². The van der Waals surface area contributed by atoms with Crippen LogP contribution in [0.3, 0.4) is 0 Å². The largest absolute Gasteiger partial charge is 0.419 e. The van der Waals surface area contributed by atoms with Crippen LogP contribution in [0, 0.1) is 10.1 Å². The fourth-order valence-electron chi connectivity index (χ4n) is 3.00. The lowest BCUT2D eigenvalue weighted by atomic mass is 10.1. The third-order valence-corrected chi connectivity index (χ3v) is 4.93. The molecule has 1 fully saturated rings. The van der Waals surface area contributed by atoms with Gasteiger partial charge in [0, 0.05) is 28.8 Å². The number of carbonyl (C=O) groups is 1. The first-order chi connectivity index (χ1) is 14.5. The molecule has 0 N–H and O–H groups in total. The van der Waals surface area contributed by atoms with E-state index in [1.807, 2.05) is 0 Å². The highest BCUT2D eigenvalue weighted by Gasteiger charge is 2.33. The Hall–Kier alpha value is -3.52. The van der Waals surface area contributed by atoms with Gasteiger partial charge >= 0.3 is 0 Å². The summed E-state index contributed by atoms with van der Waals surface area (Å²) in [6, 6.07) is 13.4. The molecule has 1 heterocycles. The molecule has 0 atom stereocenters. The maximum atomic E-state index is 12.8. The van der Waals surface area contributed by atoms with Gasteiger partial charge in [-0.05, 0) is 49.2 Å². The summed E-state index contributed by atoms with van der Waals surface area (Å²) in [4.78, 5) is 25.1. The highest BCUT2D eigenvalue weighted by Crippen LogP contribution is 2.29. The number of carbonyl (C=O) groups excluding carboxylic acids is 1. The topological polar surface area (TPSA) is 102 Å². The summed E-state index contributed by atoms with van der Waals surface area (Å²) in [5.41, 5.74) is 1.05. The molecule has 1 amide bonds. The third kappa shape index (κ3) is 4.55. The Morgan fingerprint density at radius 3 is 2.63 bits per heavy atom. The summed E-state index contributed by atoms with van der Waals surface area (Å²) >= 11 is 5.90. The van der Waals surface area contributed by atoms with Crippen molar-refractivity contribution >= 4 is 29.3 Å². The number of halogens is 1. The molecule has 1 aliphatic rings. The van der Waals surface area contributed by atoms with Crippen LogP contribution >= 0.6 is 11.6 Å². The van der Waals surface area contributed by atoms with E-state index in [-0.39, 0.29) is 24.2 Å². The number of benzene rings is 2. The van der Waals surface area contributed by atoms with E-state index in [1.165, 1.54) is 18.2 Å². The lowest BCUT2D eigenvalue weighted by molar-refractivity contribution is -0.385. The van der Waals surface area contributed by atoms with Crippen LogP contribution in [-0.4, -0.2) is 32.0 Å². The van der Waals surface area contributed by atoms with Crippen LogP contribution < -0.4 is 0 Å². The number of nitrogens with zero attached hydrogens (tertiary/aromatic N) is 4. The van der Waals surface area contributed by atoms with Crippen molar-refractivity contribution in [2.24, 2.45) is 0 Å². The van der Waals surface area contributed by atoms with E-state index in [0.717, 1.165) is 18.4 Å². The van der Waals surface area contributed by atoms with Crippen molar-refractivity contribution < 1.29 is 14.1 Å². The summed E-state index contributed by atoms with van der Waals surface area (Å²) in [5.74, 6) is 0.404. The molecule has 1 aliphatic carbocycles. The van der Waals surface area contributed by atoms with Crippen LogP contribution in [0.2, 0.25) is 5.02 Å². The summed E-state index contributed by atoms with van der Waals surface area (Å²) in [7, 11) is 0. The van der Waals surface area contributed by atoms with Crippen molar-refractivity contribution in [2.75, 3.05) is 0 Å². The van der Waals surface area contributed by atoms with E-state index >= 15 is 0 Å². The molecule has 9 heteroatoms. The number of para-hydroxylation sites is 1. The number of amides is 1. The Morgan fingerprint density at radius 1 is 1.20 bits per heavy atom. The molecule has 0 radical (unpaired) electrons. The third-order valence-electron chi connectivity index (χ3n) is 4.67. The van der Waals surface area contributed by atoms with Gasteiger partial charge in [-0.1, -0.05) is 23.7 Å². The molecule has 0 bridgehead atoms. The first-order valence-corrected chi connectivity index (χ1v) is 9.69. The Morgan fingerprint density at radius 2 is 1.93 bits per heavy atom. The summed E-state index contributed by atoms with van der Waals surface area (Å²) in [6.45, 7) is 0.172. The molecule has 0 spiro atoms. The molecule has 30 heavy (non-hydrogen) atoms. The minimum Gasteiger partial charge on any atom is -0.419 e. The van der Waals surface area contributed by atoms with Crippen LogP contribution in [0.15, 0.2) is 59.0 Å². The van der Waals surface area contributed by atoms with Gasteiger partial charge in [-0.2, -0.15) is 0 Å². The molecule has 0 unspecified atom stereocenters. The molecule has 1 aromatic heterocycles. The van der Waals surface area contributed by atoms with Crippen LogP contribution in [0.4, 0.5) is 5.69 Å². The maximum absolute atomic E-state index is 12.8. The van der Waals surface area contributed by atoms with Gasteiger partial charge in [0.05, 0.1) is 17.0 Å². The monoisotopic (exact) mass is 424 g/mol. The summed E-state index contributed by atoms with van der Waals surface area (Å²) in [5, 5.41) is 19.8. The smallest absolute Gasteiger partial charge is 0.276 e. The van der Waals surface area contributed by atoms with Crippen LogP contribution in [0.25, 0.3) is 17.5 Å². The first-order valence-electron chi connectivity index (χ1n) is 9.31. The second-order valence-corrected chi connectivity index (χ2v) is 7.29. The fraction of sp³-hybridized carbons (Fsp3) is 0.190. The Labute approximate surface area is 176 Å². The van der Waals surface area contributed by atoms with E-state index in [9.17, 15) is 14.9 Å². The summed E-state index contributed by atoms with van der Waals surface area (Å²) < 4.78 is 5.71. The minimum absolute atomic E-state index is 0.0518. The minimum atomic E-state index is -0.473. The van der Waals surface area contributed by atoms with E-state index in [2.05, 4.69) is 10.2 Å². The molecule has 152 valence electrons. The highest BCUT2D eigenvalue weighted by atomic mass is 35.5. The van der Waals surface area contributed by atoms with Crippen molar-refractivity contribution in [1.82, 2.24) is 15.1 Å². The SMILES string of the molecule is O=C(/C=C/c1ccccc1[N+](=O)[O-])N(Cc1nnc(-c2ccc(Cl)cc2)o1)C1CC1. The van der Waals surface area contributed by atoms with Crippen LogP contribution in [0.5, 0.6) is 0 Å². The molecular weight excluding hydrogens is 408 g/mol. The average molecular weight is 425 g/mol. The second kappa shape index (κ2) is 8.46. The van der Waals surface area contributed by atoms with Crippen molar-refractivity contribution in [2.45, 2.75) is 25.4 Å². The Balaban J connectivity index is 1.49. The average Bonchev–Trinajstić information content (AvgIpc) is 3.48. The Bertz CT molecular complexity index is 1110. The van der Waals surface area contributed by atoms with Gasteiger partial charge in [0.15, 0.2) is 0 Å². The van der Waals surface area contributed by atoms with Gasteiger partial charge in [-0.3, -0.25) is 14.9 Å². The number of aromatic nitrogens is 2. The van der Waals surface area contributed by atoms with Gasteiger partial charge in [-0.25, -0.2) is 0 Å². The van der Waals surface area contributed by atoms with Crippen LogP contribution in [0.1, 0.15) is 24.3 Å². The Kier molecular flexibility index (Phi) is 5.58. The standard InChI is InChI=1S/C21H17ClN4O4/c22-16-8-5-15(6-9-16)21-24-23-19(30-21)13-25(17-10-11-17)20(27)12-7-14-3-1-2-4-18(14)26(28)29/h1-9,12,17H,10-11,13H2/b12-7+. The van der Waals surface area contributed by atoms with Crippen molar-refractivity contribution in [3.8, 4) is 11.5 Å². The zero-order chi connectivity index (χ0) is 21.1. The van der Waals surface area contributed by atoms with E-state index in [4.69, 9.17) is 16.0 Å². The molecule has 0 aliphatic heterocycles. The van der Waals surface area contributed by atoms with Crippen molar-refractivity contribution in [3.63, 3.8) is 0 Å². The number of hydrogen-bond donors (Lipinski definition) is 0. The van der Waals surface area contributed by atoms with Crippen molar-refractivity contribution in [1.29, 1.82) is 0 Å². The lowest BCUT2D eigenvalue weighted by Gasteiger charge is -2.18. The number of nitro benzene ring substituents is 1. The van der Waals surface area contributed by atoms with Gasteiger partial charge in [0.1, 0.15) is 0 Å². The number of hydrogen-bond acceptors (Lipinski definition) is 6. The molecule has 4 rings (SSSR count). The fourth-order valence-corrected chi connectivity index (χ4v) is 3.12. The highest BCUT2D eigenvalue weighted by molar-refractivity contribution is 6.30. The molecule has 1 saturated carbocycles. The summed E-state index contributed by atoms with van der Waals surface area (Å²) in [6.07, 6.45) is 4.59. The normalized spacial score (nSPS) is 13.5. The molecule has 3 aromatic rings. The second-order valence-electron chi connectivity index (χ2n) is 6.85. The molecule has 2 aromatic carbocycles. The van der Waals surface area contributed by atoms with E-state index in [0.29, 0.717) is 22.4 Å². The zero-order valence-corrected chi connectivity index (χ0v) is 16.5. The van der Waals surface area contributed by atoms with Crippen molar-refractivity contribution in [3.05, 3.63) is 81.2 Å². The maximum Gasteiger partial charge on any atom is 0.276 e. The predicted molar refractivity (Wildman–Crippen MR) is 110 cm³/mol. The molecule has 0 saturated heterocycles. The van der Waals surface area contributed by atoms with Gasteiger partial charge in [-0.15, -0.1) is 10.2 Å². The zero-order valence-electron chi connectivity index (χ0n) is 15.8. The van der Waals surface area contributed by atoms with E-state index < -0.39 is 4.92 Å². The van der Waals surface area contributed by atoms with E-state index in [1.54, 1.807) is 47.4 Å². The van der Waals surface area contributed by atoms with Crippen LogP contribution in [-0.2, 0) is 11.3 Å². The number of nitro groups is 1. The van der Waals surface area contributed by atoms with Gasteiger partial charge < -0.3 is 9.32 Å². The molecular formula is C21H17ClN4O4. The molecule has 8 nitrogen and oxygen atoms in total. The van der Waals surface area contributed by atoms with Gasteiger partial charge in [0.25, 0.3) is 5.69 Å². The predicted octanol–water partition coefficient (Wildman–Crippen LogP) is 4.50.